The topological polar surface area (TPSA) is 58.7 Å². The van der Waals surface area contributed by atoms with Gasteiger partial charge in [0, 0.05) is 18.7 Å². The zero-order chi connectivity index (χ0) is 15.3. The molecule has 0 heterocycles. The summed E-state index contributed by atoms with van der Waals surface area (Å²) in [4.78, 5) is 2.53. The Morgan fingerprint density at radius 2 is 1.95 bits per heavy atom. The van der Waals surface area contributed by atoms with E-state index in [0.717, 1.165) is 50.1 Å². The molecule has 4 nitrogen and oxygen atoms in total. The van der Waals surface area contributed by atoms with Gasteiger partial charge >= 0.3 is 0 Å². The summed E-state index contributed by atoms with van der Waals surface area (Å²) in [5, 5.41) is 10.4. The smallest absolute Gasteiger partial charge is 0.119 e. The Balaban J connectivity index is 1.72. The Labute approximate surface area is 131 Å². The average Bonchev–Trinajstić information content (AvgIpc) is 2.85. The van der Waals surface area contributed by atoms with Gasteiger partial charge in [-0.1, -0.05) is 25.1 Å². The number of thiocarbonyl (C=S) groups is 1. The minimum atomic E-state index is -0.493. The SMILES string of the molecule is CN(CCOc1ccc(C(N)=S)cc1)CC1(O)CCCC1. The molecule has 0 spiro atoms. The van der Waals surface area contributed by atoms with Crippen LogP contribution in [0.4, 0.5) is 0 Å². The van der Waals surface area contributed by atoms with E-state index in [1.807, 2.05) is 31.3 Å². The predicted molar refractivity (Wildman–Crippen MR) is 88.7 cm³/mol. The highest BCUT2D eigenvalue weighted by atomic mass is 32.1. The highest BCUT2D eigenvalue weighted by Crippen LogP contribution is 2.29. The van der Waals surface area contributed by atoms with Crippen LogP contribution in [0.3, 0.4) is 0 Å². The van der Waals surface area contributed by atoms with Crippen molar-refractivity contribution in [2.45, 2.75) is 31.3 Å². The summed E-state index contributed by atoms with van der Waals surface area (Å²) in [5.41, 5.74) is 5.91. The van der Waals surface area contributed by atoms with Crippen molar-refractivity contribution in [3.63, 3.8) is 0 Å². The summed E-state index contributed by atoms with van der Waals surface area (Å²) in [6, 6.07) is 7.48. The number of rotatable bonds is 7. The fourth-order valence-corrected chi connectivity index (χ4v) is 2.94. The summed E-state index contributed by atoms with van der Waals surface area (Å²) < 4.78 is 5.70. The largest absolute Gasteiger partial charge is 0.492 e. The van der Waals surface area contributed by atoms with Gasteiger partial charge in [0.15, 0.2) is 0 Å². The van der Waals surface area contributed by atoms with Crippen LogP contribution in [0.5, 0.6) is 5.75 Å². The van der Waals surface area contributed by atoms with Gasteiger partial charge in [0.1, 0.15) is 17.3 Å². The lowest BCUT2D eigenvalue weighted by molar-refractivity contribution is 0.0139. The quantitative estimate of drug-likeness (QED) is 0.754. The molecule has 0 amide bonds. The van der Waals surface area contributed by atoms with Gasteiger partial charge in [-0.3, -0.25) is 0 Å². The molecule has 0 aromatic heterocycles. The molecule has 1 saturated carbocycles. The Kier molecular flexibility index (Phi) is 5.56. The van der Waals surface area contributed by atoms with Crippen molar-refractivity contribution in [1.82, 2.24) is 4.90 Å². The maximum absolute atomic E-state index is 10.4. The van der Waals surface area contributed by atoms with E-state index in [1.165, 1.54) is 0 Å². The molecule has 0 saturated heterocycles. The van der Waals surface area contributed by atoms with E-state index in [9.17, 15) is 5.11 Å². The minimum absolute atomic E-state index is 0.395. The van der Waals surface area contributed by atoms with E-state index in [-0.39, 0.29) is 0 Å². The van der Waals surface area contributed by atoms with Crippen LogP contribution in [-0.4, -0.2) is 47.3 Å². The first kappa shape index (κ1) is 16.2. The lowest BCUT2D eigenvalue weighted by Crippen LogP contribution is -2.40. The molecule has 1 aliphatic rings. The van der Waals surface area contributed by atoms with Crippen molar-refractivity contribution < 1.29 is 9.84 Å². The molecule has 2 rings (SSSR count). The zero-order valence-corrected chi connectivity index (χ0v) is 13.4. The molecule has 0 aliphatic heterocycles. The maximum Gasteiger partial charge on any atom is 0.119 e. The second-order valence-electron chi connectivity index (χ2n) is 5.91. The highest BCUT2D eigenvalue weighted by Gasteiger charge is 2.31. The molecule has 1 aromatic carbocycles. The van der Waals surface area contributed by atoms with Gasteiger partial charge in [0.05, 0.1) is 5.60 Å². The second kappa shape index (κ2) is 7.20. The molecule has 3 N–H and O–H groups in total. The van der Waals surface area contributed by atoms with Crippen LogP contribution < -0.4 is 10.5 Å². The van der Waals surface area contributed by atoms with Crippen LogP contribution in [0.2, 0.25) is 0 Å². The van der Waals surface area contributed by atoms with Gasteiger partial charge in [0.2, 0.25) is 0 Å². The van der Waals surface area contributed by atoms with Crippen LogP contribution in [0, 0.1) is 0 Å². The molecule has 1 aliphatic carbocycles. The summed E-state index contributed by atoms with van der Waals surface area (Å²) in [7, 11) is 2.02. The van der Waals surface area contributed by atoms with Crippen LogP contribution >= 0.6 is 12.2 Å². The van der Waals surface area contributed by atoms with E-state index < -0.39 is 5.60 Å². The molecule has 1 aromatic rings. The monoisotopic (exact) mass is 308 g/mol. The molecular weight excluding hydrogens is 284 g/mol. The van der Waals surface area contributed by atoms with Crippen molar-refractivity contribution >= 4 is 17.2 Å². The Morgan fingerprint density at radius 3 is 2.52 bits per heavy atom. The van der Waals surface area contributed by atoms with Crippen molar-refractivity contribution in [3.8, 4) is 5.75 Å². The first-order valence-electron chi connectivity index (χ1n) is 7.42. The third kappa shape index (κ3) is 4.95. The first-order valence-corrected chi connectivity index (χ1v) is 7.83. The lowest BCUT2D eigenvalue weighted by atomic mass is 10.0. The Morgan fingerprint density at radius 1 is 1.33 bits per heavy atom. The van der Waals surface area contributed by atoms with E-state index in [4.69, 9.17) is 22.7 Å². The van der Waals surface area contributed by atoms with E-state index in [1.54, 1.807) is 0 Å². The molecule has 0 bridgehead atoms. The summed E-state index contributed by atoms with van der Waals surface area (Å²) in [6.07, 6.45) is 4.10. The third-order valence-corrected chi connectivity index (χ3v) is 4.21. The third-order valence-electron chi connectivity index (χ3n) is 3.98. The van der Waals surface area contributed by atoms with Gasteiger partial charge in [-0.15, -0.1) is 0 Å². The fourth-order valence-electron chi connectivity index (χ4n) is 2.81. The van der Waals surface area contributed by atoms with E-state index in [0.29, 0.717) is 11.6 Å². The number of nitrogens with zero attached hydrogens (tertiary/aromatic N) is 1. The summed E-state index contributed by atoms with van der Waals surface area (Å²) in [6.45, 7) is 2.11. The lowest BCUT2D eigenvalue weighted by Gasteiger charge is -2.28. The number of hydrogen-bond donors (Lipinski definition) is 2. The normalized spacial score (nSPS) is 17.1. The van der Waals surface area contributed by atoms with Crippen LogP contribution in [0.25, 0.3) is 0 Å². The molecule has 0 radical (unpaired) electrons. The summed E-state index contributed by atoms with van der Waals surface area (Å²) in [5.74, 6) is 0.808. The van der Waals surface area contributed by atoms with Crippen LogP contribution in [0.15, 0.2) is 24.3 Å². The number of likely N-dealkylation sites (N-methyl/N-ethyl adjacent to an activating group) is 1. The number of ether oxygens (including phenoxy) is 1. The van der Waals surface area contributed by atoms with E-state index >= 15 is 0 Å². The first-order chi connectivity index (χ1) is 9.98. The molecule has 116 valence electrons. The number of hydrogen-bond acceptors (Lipinski definition) is 4. The molecular formula is C16H24N2O2S. The molecule has 21 heavy (non-hydrogen) atoms. The standard InChI is InChI=1S/C16H24N2O2S/c1-18(12-16(19)8-2-3-9-16)10-11-20-14-6-4-13(5-7-14)15(17)21/h4-7,19H,2-3,8-12H2,1H3,(H2,17,21). The van der Waals surface area contributed by atoms with Crippen molar-refractivity contribution in [2.24, 2.45) is 5.73 Å². The van der Waals surface area contributed by atoms with Gasteiger partial charge in [-0.05, 0) is 44.2 Å². The predicted octanol–water partition coefficient (Wildman–Crippen LogP) is 1.94. The highest BCUT2D eigenvalue weighted by molar-refractivity contribution is 7.80. The zero-order valence-electron chi connectivity index (χ0n) is 12.5. The van der Waals surface area contributed by atoms with Crippen molar-refractivity contribution in [1.29, 1.82) is 0 Å². The average molecular weight is 308 g/mol. The number of benzene rings is 1. The number of nitrogens with two attached hydrogens (primary N) is 1. The van der Waals surface area contributed by atoms with Gasteiger partial charge in [-0.25, -0.2) is 0 Å². The molecule has 0 atom stereocenters. The molecule has 1 fully saturated rings. The fraction of sp³-hybridized carbons (Fsp3) is 0.562. The Hall–Kier alpha value is -1.17. The van der Waals surface area contributed by atoms with Crippen LogP contribution in [-0.2, 0) is 0 Å². The second-order valence-corrected chi connectivity index (χ2v) is 6.35. The maximum atomic E-state index is 10.4. The van der Waals surface area contributed by atoms with Gasteiger partial charge < -0.3 is 20.5 Å². The minimum Gasteiger partial charge on any atom is -0.492 e. The van der Waals surface area contributed by atoms with Crippen molar-refractivity contribution in [3.05, 3.63) is 29.8 Å². The number of aliphatic hydroxyl groups is 1. The van der Waals surface area contributed by atoms with Gasteiger partial charge in [-0.2, -0.15) is 0 Å². The Bertz CT molecular complexity index is 470. The van der Waals surface area contributed by atoms with Crippen LogP contribution in [0.1, 0.15) is 31.2 Å². The molecule has 0 unspecified atom stereocenters. The van der Waals surface area contributed by atoms with Crippen molar-refractivity contribution in [2.75, 3.05) is 26.7 Å². The van der Waals surface area contributed by atoms with Gasteiger partial charge in [0.25, 0.3) is 0 Å². The molecule has 5 heteroatoms. The van der Waals surface area contributed by atoms with E-state index in [2.05, 4.69) is 4.90 Å². The summed E-state index contributed by atoms with van der Waals surface area (Å²) >= 11 is 4.91.